The van der Waals surface area contributed by atoms with Crippen LogP contribution in [0, 0.1) is 5.82 Å². The molecule has 132 valence electrons. The quantitative estimate of drug-likeness (QED) is 0.412. The first kappa shape index (κ1) is 16.7. The van der Waals surface area contributed by atoms with Crippen LogP contribution in [0.25, 0.3) is 16.5 Å². The molecular formula is C21H13FN2O3. The SMILES string of the molecule is O=C(Oc1ccccc1)c1nn(-c2ccc(F)cc2)c(=O)c2ccccc12. The minimum Gasteiger partial charge on any atom is -0.422 e. The van der Waals surface area contributed by atoms with Crippen LogP contribution in [0.2, 0.25) is 0 Å². The molecule has 6 heteroatoms. The van der Waals surface area contributed by atoms with E-state index < -0.39 is 17.3 Å². The van der Waals surface area contributed by atoms with Gasteiger partial charge in [0, 0.05) is 5.39 Å². The highest BCUT2D eigenvalue weighted by Gasteiger charge is 2.19. The maximum Gasteiger partial charge on any atom is 0.364 e. The van der Waals surface area contributed by atoms with Crippen molar-refractivity contribution in [2.75, 3.05) is 0 Å². The van der Waals surface area contributed by atoms with Gasteiger partial charge in [0.15, 0.2) is 5.69 Å². The number of para-hydroxylation sites is 1. The lowest BCUT2D eigenvalue weighted by atomic mass is 10.1. The number of carbonyl (C=O) groups excluding carboxylic acids is 1. The van der Waals surface area contributed by atoms with Crippen molar-refractivity contribution in [2.24, 2.45) is 0 Å². The molecule has 27 heavy (non-hydrogen) atoms. The van der Waals surface area contributed by atoms with E-state index in [0.29, 0.717) is 22.2 Å². The molecule has 0 saturated carbocycles. The summed E-state index contributed by atoms with van der Waals surface area (Å²) in [4.78, 5) is 25.5. The Balaban J connectivity index is 1.89. The fourth-order valence-corrected chi connectivity index (χ4v) is 2.74. The molecule has 0 fully saturated rings. The maximum absolute atomic E-state index is 13.2. The standard InChI is InChI=1S/C21H13FN2O3/c22-14-10-12-15(13-11-14)24-20(25)18-9-5-4-8-17(18)19(23-24)21(26)27-16-6-2-1-3-7-16/h1-13H. The van der Waals surface area contributed by atoms with E-state index >= 15 is 0 Å². The van der Waals surface area contributed by atoms with E-state index in [-0.39, 0.29) is 5.69 Å². The summed E-state index contributed by atoms with van der Waals surface area (Å²) in [6.07, 6.45) is 0. The third-order valence-electron chi connectivity index (χ3n) is 4.02. The normalized spacial score (nSPS) is 10.7. The molecule has 4 aromatic rings. The average molecular weight is 360 g/mol. The van der Waals surface area contributed by atoms with Crippen molar-refractivity contribution in [3.8, 4) is 11.4 Å². The summed E-state index contributed by atoms with van der Waals surface area (Å²) >= 11 is 0. The second kappa shape index (κ2) is 6.84. The molecule has 0 aliphatic rings. The number of carbonyl (C=O) groups is 1. The molecule has 1 heterocycles. The van der Waals surface area contributed by atoms with Gasteiger partial charge in [-0.25, -0.2) is 9.18 Å². The Kier molecular flexibility index (Phi) is 4.22. The van der Waals surface area contributed by atoms with Crippen molar-refractivity contribution in [3.63, 3.8) is 0 Å². The molecule has 0 spiro atoms. The Morgan fingerprint density at radius 3 is 2.19 bits per heavy atom. The molecule has 3 aromatic carbocycles. The van der Waals surface area contributed by atoms with E-state index in [1.807, 2.05) is 0 Å². The van der Waals surface area contributed by atoms with Crippen LogP contribution < -0.4 is 10.3 Å². The third-order valence-corrected chi connectivity index (χ3v) is 4.02. The molecule has 0 saturated heterocycles. The monoisotopic (exact) mass is 360 g/mol. The highest BCUT2D eigenvalue weighted by atomic mass is 19.1. The average Bonchev–Trinajstić information content (AvgIpc) is 2.70. The lowest BCUT2D eigenvalue weighted by Gasteiger charge is -2.11. The molecule has 0 radical (unpaired) electrons. The van der Waals surface area contributed by atoms with Crippen LogP contribution in [0.15, 0.2) is 83.7 Å². The van der Waals surface area contributed by atoms with E-state index in [0.717, 1.165) is 4.68 Å². The van der Waals surface area contributed by atoms with Crippen molar-refractivity contribution in [2.45, 2.75) is 0 Å². The van der Waals surface area contributed by atoms with Crippen LogP contribution >= 0.6 is 0 Å². The summed E-state index contributed by atoms with van der Waals surface area (Å²) in [5, 5.41) is 4.91. The number of hydrogen-bond donors (Lipinski definition) is 0. The minimum absolute atomic E-state index is 0.00150. The van der Waals surface area contributed by atoms with Gasteiger partial charge in [-0.15, -0.1) is 0 Å². The molecule has 5 nitrogen and oxygen atoms in total. The van der Waals surface area contributed by atoms with E-state index in [4.69, 9.17) is 4.74 Å². The first-order valence-corrected chi connectivity index (χ1v) is 8.19. The number of halogens is 1. The van der Waals surface area contributed by atoms with Crippen LogP contribution in [0.1, 0.15) is 10.5 Å². The topological polar surface area (TPSA) is 61.2 Å². The smallest absolute Gasteiger partial charge is 0.364 e. The second-order valence-electron chi connectivity index (χ2n) is 5.79. The largest absolute Gasteiger partial charge is 0.422 e. The molecule has 0 unspecified atom stereocenters. The summed E-state index contributed by atoms with van der Waals surface area (Å²) in [5.74, 6) is -0.752. The van der Waals surface area contributed by atoms with Crippen LogP contribution in [0.4, 0.5) is 4.39 Å². The third kappa shape index (κ3) is 3.20. The zero-order valence-corrected chi connectivity index (χ0v) is 14.0. The van der Waals surface area contributed by atoms with Gasteiger partial charge in [0.2, 0.25) is 0 Å². The van der Waals surface area contributed by atoms with E-state index in [1.165, 1.54) is 24.3 Å². The van der Waals surface area contributed by atoms with Crippen molar-refractivity contribution in [3.05, 3.63) is 101 Å². The fourth-order valence-electron chi connectivity index (χ4n) is 2.74. The number of fused-ring (bicyclic) bond motifs is 1. The Morgan fingerprint density at radius 1 is 0.852 bits per heavy atom. The number of benzene rings is 3. The van der Waals surface area contributed by atoms with Crippen molar-refractivity contribution >= 4 is 16.7 Å². The molecule has 0 aliphatic heterocycles. The fraction of sp³-hybridized carbons (Fsp3) is 0. The van der Waals surface area contributed by atoms with Gasteiger partial charge in [0.05, 0.1) is 11.1 Å². The Morgan fingerprint density at radius 2 is 1.48 bits per heavy atom. The Hall–Kier alpha value is -3.80. The van der Waals surface area contributed by atoms with E-state index in [9.17, 15) is 14.0 Å². The van der Waals surface area contributed by atoms with Gasteiger partial charge in [-0.1, -0.05) is 36.4 Å². The Bertz CT molecular complexity index is 1190. The molecule has 0 amide bonds. The van der Waals surface area contributed by atoms with Gasteiger partial charge in [-0.2, -0.15) is 9.78 Å². The van der Waals surface area contributed by atoms with Crippen molar-refractivity contribution in [1.82, 2.24) is 9.78 Å². The molecule has 0 atom stereocenters. The number of aromatic nitrogens is 2. The summed E-state index contributed by atoms with van der Waals surface area (Å²) in [5.41, 5.74) is -0.0623. The van der Waals surface area contributed by atoms with Gasteiger partial charge in [-0.05, 0) is 42.5 Å². The molecule has 4 rings (SSSR count). The van der Waals surface area contributed by atoms with Gasteiger partial charge in [0.1, 0.15) is 11.6 Å². The van der Waals surface area contributed by atoms with Crippen molar-refractivity contribution < 1.29 is 13.9 Å². The summed E-state index contributed by atoms with van der Waals surface area (Å²) < 4.78 is 19.7. The van der Waals surface area contributed by atoms with Crippen LogP contribution in [0.5, 0.6) is 5.75 Å². The predicted molar refractivity (Wildman–Crippen MR) is 98.7 cm³/mol. The number of ether oxygens (including phenoxy) is 1. The summed E-state index contributed by atoms with van der Waals surface area (Å²) in [6.45, 7) is 0. The predicted octanol–water partition coefficient (Wildman–Crippen LogP) is 3.74. The van der Waals surface area contributed by atoms with Crippen LogP contribution in [0.3, 0.4) is 0 Å². The number of nitrogens with zero attached hydrogens (tertiary/aromatic N) is 2. The highest BCUT2D eigenvalue weighted by molar-refractivity contribution is 6.03. The zero-order chi connectivity index (χ0) is 18.8. The van der Waals surface area contributed by atoms with Crippen molar-refractivity contribution in [1.29, 1.82) is 0 Å². The number of hydrogen-bond acceptors (Lipinski definition) is 4. The highest BCUT2D eigenvalue weighted by Crippen LogP contribution is 2.18. The first-order valence-electron chi connectivity index (χ1n) is 8.19. The lowest BCUT2D eigenvalue weighted by Crippen LogP contribution is -2.25. The minimum atomic E-state index is -0.687. The van der Waals surface area contributed by atoms with E-state index in [1.54, 1.807) is 54.6 Å². The first-order chi connectivity index (χ1) is 13.1. The zero-order valence-electron chi connectivity index (χ0n) is 14.0. The van der Waals surface area contributed by atoms with Gasteiger partial charge in [-0.3, -0.25) is 4.79 Å². The molecule has 0 aliphatic carbocycles. The number of rotatable bonds is 3. The molecule has 1 aromatic heterocycles. The molecule has 0 bridgehead atoms. The Labute approximate surface area is 153 Å². The lowest BCUT2D eigenvalue weighted by molar-refractivity contribution is 0.0729. The van der Waals surface area contributed by atoms with E-state index in [2.05, 4.69) is 5.10 Å². The van der Waals surface area contributed by atoms with Gasteiger partial charge in [0.25, 0.3) is 5.56 Å². The maximum atomic E-state index is 13.2. The van der Waals surface area contributed by atoms with Gasteiger partial charge >= 0.3 is 5.97 Å². The summed E-state index contributed by atoms with van der Waals surface area (Å²) in [7, 11) is 0. The van der Waals surface area contributed by atoms with Gasteiger partial charge < -0.3 is 4.74 Å². The summed E-state index contributed by atoms with van der Waals surface area (Å²) in [6, 6.07) is 20.5. The molecule has 0 N–H and O–H groups in total. The number of esters is 1. The van der Waals surface area contributed by atoms with Crippen LogP contribution in [-0.4, -0.2) is 15.7 Å². The van der Waals surface area contributed by atoms with Crippen LogP contribution in [-0.2, 0) is 0 Å². The second-order valence-corrected chi connectivity index (χ2v) is 5.79. The molecular weight excluding hydrogens is 347 g/mol.